The predicted octanol–water partition coefficient (Wildman–Crippen LogP) is 7.42. The number of unbranched alkanes of at least 4 members (excludes halogenated alkanes) is 21. The largest absolute Gasteiger partial charge is 0.459 e. The Bertz CT molecular complexity index is 785. The first-order valence-corrected chi connectivity index (χ1v) is 18.0. The maximum Gasteiger partial charge on any atom is 0.338 e. The lowest BCUT2D eigenvalue weighted by molar-refractivity contribution is -0.124. The lowest BCUT2D eigenvalue weighted by Gasteiger charge is -2.25. The van der Waals surface area contributed by atoms with Gasteiger partial charge in [0.1, 0.15) is 31.0 Å². The maximum atomic E-state index is 12.2. The van der Waals surface area contributed by atoms with Crippen LogP contribution in [0.25, 0.3) is 0 Å². The van der Waals surface area contributed by atoms with E-state index in [-0.39, 0.29) is 0 Å². The van der Waals surface area contributed by atoms with Crippen molar-refractivity contribution in [1.29, 1.82) is 0 Å². The van der Waals surface area contributed by atoms with Crippen LogP contribution in [0.2, 0.25) is 0 Å². The van der Waals surface area contributed by atoms with Crippen LogP contribution in [0.1, 0.15) is 164 Å². The molecule has 0 radical (unpaired) electrons. The van der Waals surface area contributed by atoms with Crippen LogP contribution in [0.15, 0.2) is 24.3 Å². The van der Waals surface area contributed by atoms with Crippen LogP contribution >= 0.6 is 0 Å². The van der Waals surface area contributed by atoms with Gasteiger partial charge in [-0.1, -0.05) is 154 Å². The minimum atomic E-state index is -1.76. The first-order chi connectivity index (χ1) is 21.4. The molecule has 0 heterocycles. The average Bonchev–Trinajstić information content (AvgIpc) is 3.04. The van der Waals surface area contributed by atoms with Gasteiger partial charge in [-0.25, -0.2) is 4.79 Å². The second-order valence-electron chi connectivity index (χ2n) is 12.8. The molecule has 0 aromatic heterocycles. The van der Waals surface area contributed by atoms with Gasteiger partial charge in [0.2, 0.25) is 0 Å². The molecular formula is C37H66O7. The highest BCUT2D eigenvalue weighted by molar-refractivity contribution is 5.89. The van der Waals surface area contributed by atoms with E-state index in [2.05, 4.69) is 6.92 Å². The molecule has 0 amide bonds. The molecule has 0 aliphatic heterocycles. The molecule has 5 N–H and O–H groups in total. The molecule has 0 saturated heterocycles. The van der Waals surface area contributed by atoms with Crippen LogP contribution in [0.5, 0.6) is 0 Å². The quantitative estimate of drug-likeness (QED) is 0.0446. The minimum Gasteiger partial charge on any atom is -0.459 e. The third-order valence-corrected chi connectivity index (χ3v) is 8.72. The van der Waals surface area contributed by atoms with Crippen molar-refractivity contribution in [2.75, 3.05) is 13.2 Å². The Labute approximate surface area is 268 Å². The summed E-state index contributed by atoms with van der Waals surface area (Å²) < 4.78 is 5.02. The van der Waals surface area contributed by atoms with Gasteiger partial charge in [-0.15, -0.1) is 0 Å². The van der Waals surface area contributed by atoms with Crippen molar-refractivity contribution in [3.63, 3.8) is 0 Å². The smallest absolute Gasteiger partial charge is 0.338 e. The topological polar surface area (TPSA) is 127 Å². The number of aryl methyl sites for hydroxylation is 1. The molecule has 0 fully saturated rings. The summed E-state index contributed by atoms with van der Waals surface area (Å²) >= 11 is 0. The summed E-state index contributed by atoms with van der Waals surface area (Å²) in [6, 6.07) is 7.17. The number of esters is 1. The van der Waals surface area contributed by atoms with Gasteiger partial charge in [0, 0.05) is 0 Å². The highest BCUT2D eigenvalue weighted by Crippen LogP contribution is 2.16. The first-order valence-electron chi connectivity index (χ1n) is 18.0. The summed E-state index contributed by atoms with van der Waals surface area (Å²) in [7, 11) is 0. The highest BCUT2D eigenvalue weighted by Gasteiger charge is 2.30. The number of benzene rings is 1. The van der Waals surface area contributed by atoms with E-state index in [0.29, 0.717) is 5.56 Å². The van der Waals surface area contributed by atoms with Gasteiger partial charge in [0.05, 0.1) is 12.2 Å². The molecule has 44 heavy (non-hydrogen) atoms. The summed E-state index contributed by atoms with van der Waals surface area (Å²) in [5.41, 5.74) is 1.49. The summed E-state index contributed by atoms with van der Waals surface area (Å²) in [5.74, 6) is -0.649. The van der Waals surface area contributed by atoms with Gasteiger partial charge in [-0.05, 0) is 30.5 Å². The number of hydrogen-bond acceptors (Lipinski definition) is 7. The van der Waals surface area contributed by atoms with Crippen molar-refractivity contribution in [3.05, 3.63) is 35.4 Å². The number of carbonyl (C=O) groups is 1. The molecule has 1 aromatic carbocycles. The molecule has 256 valence electrons. The number of hydrogen-bond donors (Lipinski definition) is 5. The van der Waals surface area contributed by atoms with Crippen LogP contribution < -0.4 is 0 Å². The van der Waals surface area contributed by atoms with E-state index in [9.17, 15) is 25.2 Å². The number of carbonyl (C=O) groups excluding carboxylic acids is 1. The molecule has 0 bridgehead atoms. The van der Waals surface area contributed by atoms with Gasteiger partial charge in [0.25, 0.3) is 0 Å². The van der Waals surface area contributed by atoms with E-state index in [1.54, 1.807) is 12.1 Å². The van der Waals surface area contributed by atoms with E-state index in [0.717, 1.165) is 18.4 Å². The summed E-state index contributed by atoms with van der Waals surface area (Å²) in [6.45, 7) is 0.971. The van der Waals surface area contributed by atoms with Crippen LogP contribution in [0.4, 0.5) is 0 Å². The zero-order valence-corrected chi connectivity index (χ0v) is 27.8. The van der Waals surface area contributed by atoms with E-state index < -0.39 is 43.6 Å². The molecular weight excluding hydrogens is 556 g/mol. The lowest BCUT2D eigenvalue weighted by atomic mass is 10.0. The first kappa shape index (κ1) is 40.5. The fraction of sp³-hybridized carbons (Fsp3) is 0.811. The third-order valence-electron chi connectivity index (χ3n) is 8.72. The lowest BCUT2D eigenvalue weighted by Crippen LogP contribution is -2.47. The number of aliphatic hydroxyl groups excluding tert-OH is 5. The standard InChI is InChI=1S/C37H66O7/c1-2-3-4-5-6-7-8-9-10-11-12-13-14-15-16-17-18-19-20-21-22-23-24-31-25-27-32(28-26-31)37(43)44-30-34(40)36(42)35(41)33(39)29-38/h25-28,33-36,38-42H,2-24,29-30H2,1H3/t33-,34+,35+,36+/m0/s1. The number of ether oxygens (including phenoxy) is 1. The SMILES string of the molecule is CCCCCCCCCCCCCCCCCCCCCCCCc1ccc(C(=O)OC[C@@H](O)[C@@H](O)[C@H](O)[C@@H](O)CO)cc1. The second-order valence-corrected chi connectivity index (χ2v) is 12.8. The monoisotopic (exact) mass is 622 g/mol. The average molecular weight is 623 g/mol. The Morgan fingerprint density at radius 2 is 0.932 bits per heavy atom. The van der Waals surface area contributed by atoms with Gasteiger partial charge in [0.15, 0.2) is 0 Å². The van der Waals surface area contributed by atoms with E-state index in [1.807, 2.05) is 12.1 Å². The van der Waals surface area contributed by atoms with Crippen LogP contribution in [0, 0.1) is 0 Å². The fourth-order valence-corrected chi connectivity index (χ4v) is 5.65. The number of rotatable bonds is 30. The molecule has 7 nitrogen and oxygen atoms in total. The summed E-state index contributed by atoms with van der Waals surface area (Å²) in [6.07, 6.45) is 24.6. The molecule has 0 aliphatic carbocycles. The molecule has 1 aromatic rings. The molecule has 0 spiro atoms. The van der Waals surface area contributed by atoms with Crippen molar-refractivity contribution in [2.24, 2.45) is 0 Å². The summed E-state index contributed by atoms with van der Waals surface area (Å²) in [5, 5.41) is 47.5. The molecule has 0 aliphatic rings. The predicted molar refractivity (Wildman–Crippen MR) is 179 cm³/mol. The molecule has 1 rings (SSSR count). The molecule has 4 atom stereocenters. The van der Waals surface area contributed by atoms with Crippen LogP contribution in [-0.2, 0) is 11.2 Å². The third kappa shape index (κ3) is 20.5. The van der Waals surface area contributed by atoms with Crippen molar-refractivity contribution < 1.29 is 35.1 Å². The van der Waals surface area contributed by atoms with Gasteiger partial charge in [-0.2, -0.15) is 0 Å². The molecule has 7 heteroatoms. The van der Waals surface area contributed by atoms with Crippen molar-refractivity contribution in [3.8, 4) is 0 Å². The Kier molecular flexibility index (Phi) is 25.6. The van der Waals surface area contributed by atoms with Crippen molar-refractivity contribution in [2.45, 2.75) is 179 Å². The fourth-order valence-electron chi connectivity index (χ4n) is 5.65. The molecule has 0 unspecified atom stereocenters. The molecule has 0 saturated carbocycles. The Morgan fingerprint density at radius 1 is 0.568 bits per heavy atom. The van der Waals surface area contributed by atoms with Crippen LogP contribution in [-0.4, -0.2) is 69.1 Å². The van der Waals surface area contributed by atoms with Crippen molar-refractivity contribution >= 4 is 5.97 Å². The number of aliphatic hydroxyl groups is 5. The summed E-state index contributed by atoms with van der Waals surface area (Å²) in [4.78, 5) is 12.2. The van der Waals surface area contributed by atoms with Gasteiger partial charge < -0.3 is 30.3 Å². The van der Waals surface area contributed by atoms with Crippen molar-refractivity contribution in [1.82, 2.24) is 0 Å². The van der Waals surface area contributed by atoms with E-state index in [4.69, 9.17) is 9.84 Å². The second kappa shape index (κ2) is 27.8. The zero-order valence-electron chi connectivity index (χ0n) is 27.8. The van der Waals surface area contributed by atoms with Gasteiger partial charge in [-0.3, -0.25) is 0 Å². The highest BCUT2D eigenvalue weighted by atomic mass is 16.5. The Balaban J connectivity index is 1.94. The van der Waals surface area contributed by atoms with E-state index in [1.165, 1.54) is 135 Å². The van der Waals surface area contributed by atoms with E-state index >= 15 is 0 Å². The van der Waals surface area contributed by atoms with Crippen LogP contribution in [0.3, 0.4) is 0 Å². The normalized spacial score (nSPS) is 14.3. The zero-order chi connectivity index (χ0) is 32.3. The Morgan fingerprint density at radius 3 is 1.32 bits per heavy atom. The maximum absolute atomic E-state index is 12.2. The minimum absolute atomic E-state index is 0.334. The van der Waals surface area contributed by atoms with Gasteiger partial charge >= 0.3 is 5.97 Å². The Hall–Kier alpha value is -1.51.